The van der Waals surface area contributed by atoms with E-state index in [1.807, 2.05) is 0 Å². The van der Waals surface area contributed by atoms with Crippen LogP contribution in [0.3, 0.4) is 0 Å². The van der Waals surface area contributed by atoms with Crippen LogP contribution in [0.25, 0.3) is 0 Å². The predicted octanol–water partition coefficient (Wildman–Crippen LogP) is 3.03. The number of carbonyl (C=O) groups is 1. The monoisotopic (exact) mass is 411 g/mol. The van der Waals surface area contributed by atoms with Crippen molar-refractivity contribution < 1.29 is 9.53 Å². The summed E-state index contributed by atoms with van der Waals surface area (Å²) < 4.78 is 5.23. The highest BCUT2D eigenvalue weighted by atomic mass is 16.5. The number of benzene rings is 1. The number of piperidine rings is 1. The Morgan fingerprint density at radius 1 is 1.13 bits per heavy atom. The first-order valence-corrected chi connectivity index (χ1v) is 11.9. The fourth-order valence-corrected chi connectivity index (χ4v) is 6.04. The lowest BCUT2D eigenvalue weighted by Gasteiger charge is -2.54. The average Bonchev–Trinajstić information content (AvgIpc) is 3.58. The molecular formula is C25H37N3O2. The van der Waals surface area contributed by atoms with Gasteiger partial charge < -0.3 is 9.64 Å². The van der Waals surface area contributed by atoms with Crippen LogP contribution in [0.2, 0.25) is 0 Å². The van der Waals surface area contributed by atoms with Gasteiger partial charge in [-0.3, -0.25) is 14.6 Å². The largest absolute Gasteiger partial charge is 0.383 e. The van der Waals surface area contributed by atoms with Gasteiger partial charge in [-0.2, -0.15) is 0 Å². The number of nitrogens with zero attached hydrogens (tertiary/aromatic N) is 3. The maximum atomic E-state index is 13.5. The number of likely N-dealkylation sites (tertiary alicyclic amines) is 1. The molecule has 2 heterocycles. The average molecular weight is 412 g/mol. The van der Waals surface area contributed by atoms with Crippen LogP contribution in [0.15, 0.2) is 18.2 Å². The predicted molar refractivity (Wildman–Crippen MR) is 121 cm³/mol. The maximum Gasteiger partial charge on any atom is 0.180 e. The number of rotatable bonds is 6. The van der Waals surface area contributed by atoms with Crippen molar-refractivity contribution >= 4 is 11.5 Å². The van der Waals surface area contributed by atoms with E-state index in [9.17, 15) is 4.79 Å². The Morgan fingerprint density at radius 3 is 2.60 bits per heavy atom. The maximum absolute atomic E-state index is 13.5. The zero-order chi connectivity index (χ0) is 20.9. The van der Waals surface area contributed by atoms with E-state index in [1.54, 1.807) is 7.11 Å². The van der Waals surface area contributed by atoms with E-state index in [2.05, 4.69) is 46.7 Å². The van der Waals surface area contributed by atoms with Crippen LogP contribution in [-0.2, 0) is 10.2 Å². The second kappa shape index (κ2) is 7.92. The van der Waals surface area contributed by atoms with Crippen LogP contribution < -0.4 is 4.90 Å². The van der Waals surface area contributed by atoms with Crippen LogP contribution in [0.5, 0.6) is 0 Å². The fourth-order valence-electron chi connectivity index (χ4n) is 6.04. The molecule has 4 aliphatic rings. The summed E-state index contributed by atoms with van der Waals surface area (Å²) in [5.41, 5.74) is 3.69. The molecule has 2 bridgehead atoms. The summed E-state index contributed by atoms with van der Waals surface area (Å²) >= 11 is 0. The smallest absolute Gasteiger partial charge is 0.180 e. The number of ether oxygens (including phenoxy) is 1. The highest BCUT2D eigenvalue weighted by Crippen LogP contribution is 2.50. The van der Waals surface area contributed by atoms with E-state index in [0.717, 1.165) is 70.3 Å². The third kappa shape index (κ3) is 3.49. The second-order valence-corrected chi connectivity index (χ2v) is 10.3. The lowest BCUT2D eigenvalue weighted by Crippen LogP contribution is -2.61. The van der Waals surface area contributed by atoms with Gasteiger partial charge in [0.25, 0.3) is 0 Å². The molecule has 0 radical (unpaired) electrons. The van der Waals surface area contributed by atoms with Gasteiger partial charge in [-0.1, -0.05) is 13.8 Å². The number of Topliss-reactive ketones (excluding diaryl/α,β-unsaturated/α-hetero) is 1. The molecule has 164 valence electrons. The quantitative estimate of drug-likeness (QED) is 0.719. The molecule has 0 amide bonds. The summed E-state index contributed by atoms with van der Waals surface area (Å²) in [6.45, 7) is 13.0. The van der Waals surface area contributed by atoms with Crippen LogP contribution in [-0.4, -0.2) is 81.2 Å². The van der Waals surface area contributed by atoms with Crippen molar-refractivity contribution in [3.63, 3.8) is 0 Å². The molecule has 1 aromatic carbocycles. The molecule has 3 atom stereocenters. The summed E-state index contributed by atoms with van der Waals surface area (Å²) in [5, 5.41) is 0. The lowest BCUT2D eigenvalue weighted by atomic mass is 9.58. The van der Waals surface area contributed by atoms with Crippen LogP contribution in [0.1, 0.15) is 49.0 Å². The van der Waals surface area contributed by atoms with Gasteiger partial charge in [-0.15, -0.1) is 0 Å². The molecule has 3 fully saturated rings. The van der Waals surface area contributed by atoms with Crippen molar-refractivity contribution in [2.75, 3.05) is 64.4 Å². The minimum absolute atomic E-state index is 0.0760. The normalized spacial score (nSPS) is 32.4. The van der Waals surface area contributed by atoms with Gasteiger partial charge in [0.15, 0.2) is 5.78 Å². The first-order chi connectivity index (χ1) is 14.5. The Bertz CT molecular complexity index is 800. The molecule has 5 heteroatoms. The molecule has 0 unspecified atom stereocenters. The molecule has 1 aromatic rings. The summed E-state index contributed by atoms with van der Waals surface area (Å²) in [5.74, 6) is 1.58. The van der Waals surface area contributed by atoms with Crippen LogP contribution in [0.4, 0.5) is 5.69 Å². The Kier molecular flexibility index (Phi) is 5.41. The van der Waals surface area contributed by atoms with Crippen molar-refractivity contribution in [1.29, 1.82) is 0 Å². The molecule has 2 aliphatic heterocycles. The molecule has 5 nitrogen and oxygen atoms in total. The zero-order valence-electron chi connectivity index (χ0n) is 18.9. The van der Waals surface area contributed by atoms with Crippen molar-refractivity contribution in [2.24, 2.45) is 11.8 Å². The van der Waals surface area contributed by atoms with E-state index in [-0.39, 0.29) is 11.5 Å². The molecule has 2 aliphatic carbocycles. The Morgan fingerprint density at radius 2 is 1.90 bits per heavy atom. The molecule has 2 saturated heterocycles. The third-order valence-corrected chi connectivity index (χ3v) is 8.48. The number of carbonyl (C=O) groups excluding carboxylic acids is 1. The van der Waals surface area contributed by atoms with E-state index in [1.165, 1.54) is 24.1 Å². The van der Waals surface area contributed by atoms with Gasteiger partial charge in [0.1, 0.15) is 0 Å². The molecular weight excluding hydrogens is 374 g/mol. The first-order valence-electron chi connectivity index (χ1n) is 11.9. The van der Waals surface area contributed by atoms with E-state index in [0.29, 0.717) is 11.7 Å². The van der Waals surface area contributed by atoms with Gasteiger partial charge in [0.2, 0.25) is 0 Å². The SMILES string of the molecule is COCCN1CCN(c2ccc3c(c2)[C@]2(C)CCN(CC4CC4)[C@H](C3=O)[C@@H]2C)CC1. The molecule has 1 saturated carbocycles. The summed E-state index contributed by atoms with van der Waals surface area (Å²) in [7, 11) is 1.77. The number of piperazine rings is 1. The number of fused-ring (bicyclic) bond motifs is 4. The number of hydrogen-bond donors (Lipinski definition) is 0. The van der Waals surface area contributed by atoms with Gasteiger partial charge in [-0.25, -0.2) is 0 Å². The summed E-state index contributed by atoms with van der Waals surface area (Å²) in [6, 6.07) is 6.78. The minimum atomic E-state index is 0.0760. The third-order valence-electron chi connectivity index (χ3n) is 8.48. The van der Waals surface area contributed by atoms with Gasteiger partial charge >= 0.3 is 0 Å². The standard InChI is InChI=1S/C25H37N3O2/c1-18-23-24(29)21-7-6-20(27-12-10-26(11-13-27)14-15-30-3)16-22(21)25(18,2)8-9-28(23)17-19-4-5-19/h6-7,16,18-19,23H,4-5,8-15,17H2,1-3H3/t18-,23-,25+/m0/s1. The van der Waals surface area contributed by atoms with Crippen LogP contribution >= 0.6 is 0 Å². The summed E-state index contributed by atoms with van der Waals surface area (Å²) in [4.78, 5) is 21.0. The van der Waals surface area contributed by atoms with Crippen molar-refractivity contribution in [3.8, 4) is 0 Å². The topological polar surface area (TPSA) is 36.0 Å². The Labute approximate surface area is 181 Å². The van der Waals surface area contributed by atoms with Crippen molar-refractivity contribution in [2.45, 2.75) is 44.6 Å². The second-order valence-electron chi connectivity index (χ2n) is 10.3. The number of hydrogen-bond acceptors (Lipinski definition) is 5. The highest BCUT2D eigenvalue weighted by Gasteiger charge is 2.53. The van der Waals surface area contributed by atoms with Gasteiger partial charge in [-0.05, 0) is 66.8 Å². The highest BCUT2D eigenvalue weighted by molar-refractivity contribution is 6.04. The van der Waals surface area contributed by atoms with Gasteiger partial charge in [0, 0.05) is 57.6 Å². The molecule has 0 aromatic heterocycles. The zero-order valence-corrected chi connectivity index (χ0v) is 18.9. The van der Waals surface area contributed by atoms with E-state index >= 15 is 0 Å². The number of methoxy groups -OCH3 is 1. The lowest BCUT2D eigenvalue weighted by molar-refractivity contribution is 0.0266. The Hall–Kier alpha value is -1.43. The number of ketones is 1. The molecule has 5 rings (SSSR count). The van der Waals surface area contributed by atoms with Crippen LogP contribution in [0, 0.1) is 11.8 Å². The molecule has 0 N–H and O–H groups in total. The fraction of sp³-hybridized carbons (Fsp3) is 0.720. The Balaban J connectivity index is 1.37. The van der Waals surface area contributed by atoms with E-state index < -0.39 is 0 Å². The minimum Gasteiger partial charge on any atom is -0.383 e. The van der Waals surface area contributed by atoms with Crippen molar-refractivity contribution in [1.82, 2.24) is 9.80 Å². The van der Waals surface area contributed by atoms with E-state index in [4.69, 9.17) is 4.74 Å². The molecule has 0 spiro atoms. The van der Waals surface area contributed by atoms with Crippen molar-refractivity contribution in [3.05, 3.63) is 29.3 Å². The number of anilines is 1. The van der Waals surface area contributed by atoms with Gasteiger partial charge in [0.05, 0.1) is 12.6 Å². The molecule has 30 heavy (non-hydrogen) atoms. The first kappa shape index (κ1) is 20.5. The summed E-state index contributed by atoms with van der Waals surface area (Å²) in [6.07, 6.45) is 3.86.